The first-order valence-corrected chi connectivity index (χ1v) is 3.84. The monoisotopic (exact) mass is 202 g/mol. The molecular formula is C8H4Cl2O2. The third-order valence-electron chi connectivity index (χ3n) is 1.40. The molecule has 12 heavy (non-hydrogen) atoms. The quantitative estimate of drug-likeness (QED) is 0.692. The highest BCUT2D eigenvalue weighted by atomic mass is 35.5. The van der Waals surface area contributed by atoms with Crippen LogP contribution in [-0.4, -0.2) is 12.6 Å². The second-order valence-corrected chi connectivity index (χ2v) is 2.86. The van der Waals surface area contributed by atoms with Gasteiger partial charge < -0.3 is 0 Å². The summed E-state index contributed by atoms with van der Waals surface area (Å²) in [5, 5.41) is 0.243. The lowest BCUT2D eigenvalue weighted by Gasteiger charge is -2.00. The molecule has 0 amide bonds. The molecule has 0 aromatic heterocycles. The number of carbonyl (C=O) groups excluding carboxylic acids is 2. The van der Waals surface area contributed by atoms with E-state index in [0.717, 1.165) is 0 Å². The maximum Gasteiger partial charge on any atom is 0.151 e. The Bertz CT molecular complexity index is 301. The lowest BCUT2D eigenvalue weighted by atomic mass is 10.1. The minimum absolute atomic E-state index is 0.122. The Morgan fingerprint density at radius 1 is 0.917 bits per heavy atom. The van der Waals surface area contributed by atoms with Crippen LogP contribution in [0.5, 0.6) is 0 Å². The van der Waals surface area contributed by atoms with Crippen molar-refractivity contribution < 1.29 is 9.59 Å². The van der Waals surface area contributed by atoms with Crippen LogP contribution >= 0.6 is 23.2 Å². The fourth-order valence-electron chi connectivity index (χ4n) is 0.761. The van der Waals surface area contributed by atoms with Crippen molar-refractivity contribution in [3.05, 3.63) is 33.3 Å². The van der Waals surface area contributed by atoms with Crippen LogP contribution in [0.15, 0.2) is 12.1 Å². The number of halogens is 2. The summed E-state index contributed by atoms with van der Waals surface area (Å²) < 4.78 is 0. The zero-order chi connectivity index (χ0) is 9.14. The Balaban J connectivity index is 3.38. The molecule has 2 nitrogen and oxygen atoms in total. The number of hydrogen-bond acceptors (Lipinski definition) is 2. The van der Waals surface area contributed by atoms with Crippen LogP contribution in [0.1, 0.15) is 20.7 Å². The second kappa shape index (κ2) is 3.70. The Kier molecular flexibility index (Phi) is 2.84. The molecule has 0 aliphatic heterocycles. The molecule has 0 atom stereocenters. The molecule has 0 radical (unpaired) electrons. The van der Waals surface area contributed by atoms with Gasteiger partial charge in [-0.1, -0.05) is 23.2 Å². The van der Waals surface area contributed by atoms with E-state index in [1.165, 1.54) is 12.1 Å². The molecule has 62 valence electrons. The van der Waals surface area contributed by atoms with Gasteiger partial charge in [0, 0.05) is 11.1 Å². The fraction of sp³-hybridized carbons (Fsp3) is 0. The van der Waals surface area contributed by atoms with Crippen LogP contribution in [-0.2, 0) is 0 Å². The van der Waals surface area contributed by atoms with E-state index >= 15 is 0 Å². The van der Waals surface area contributed by atoms with Crippen LogP contribution in [0.4, 0.5) is 0 Å². The molecule has 0 N–H and O–H groups in total. The van der Waals surface area contributed by atoms with Gasteiger partial charge in [0.1, 0.15) is 0 Å². The normalized spacial score (nSPS) is 9.50. The first kappa shape index (κ1) is 9.23. The molecule has 0 aliphatic rings. The van der Waals surface area contributed by atoms with E-state index in [0.29, 0.717) is 12.6 Å². The average Bonchev–Trinajstić information content (AvgIpc) is 2.10. The van der Waals surface area contributed by atoms with Crippen molar-refractivity contribution in [2.24, 2.45) is 0 Å². The Morgan fingerprint density at radius 3 is 1.50 bits per heavy atom. The van der Waals surface area contributed by atoms with Gasteiger partial charge in [-0.05, 0) is 12.1 Å². The summed E-state index contributed by atoms with van der Waals surface area (Å²) in [6.07, 6.45) is 1.17. The largest absolute Gasteiger partial charge is 0.298 e. The van der Waals surface area contributed by atoms with Crippen LogP contribution in [0.25, 0.3) is 0 Å². The molecule has 0 fully saturated rings. The third-order valence-corrected chi connectivity index (χ3v) is 2.31. The minimum Gasteiger partial charge on any atom is -0.298 e. The fourth-order valence-corrected chi connectivity index (χ4v) is 1.19. The summed E-state index contributed by atoms with van der Waals surface area (Å²) in [5.41, 5.74) is 0.569. The van der Waals surface area contributed by atoms with E-state index < -0.39 is 0 Å². The zero-order valence-corrected chi connectivity index (χ0v) is 7.39. The summed E-state index contributed by atoms with van der Waals surface area (Å²) in [5.74, 6) is 0. The minimum atomic E-state index is 0.122. The van der Waals surface area contributed by atoms with Crippen molar-refractivity contribution in [1.82, 2.24) is 0 Å². The van der Waals surface area contributed by atoms with Crippen molar-refractivity contribution in [3.8, 4) is 0 Å². The first-order valence-electron chi connectivity index (χ1n) is 3.09. The van der Waals surface area contributed by atoms with Crippen molar-refractivity contribution in [2.75, 3.05) is 0 Å². The van der Waals surface area contributed by atoms with Gasteiger partial charge in [-0.25, -0.2) is 0 Å². The van der Waals surface area contributed by atoms with Gasteiger partial charge in [-0.15, -0.1) is 0 Å². The van der Waals surface area contributed by atoms with Crippen molar-refractivity contribution in [3.63, 3.8) is 0 Å². The van der Waals surface area contributed by atoms with Gasteiger partial charge in [0.25, 0.3) is 0 Å². The van der Waals surface area contributed by atoms with Crippen molar-refractivity contribution in [1.29, 1.82) is 0 Å². The molecule has 1 aromatic rings. The Hall–Kier alpha value is -0.860. The molecule has 0 aliphatic carbocycles. The van der Waals surface area contributed by atoms with E-state index in [2.05, 4.69) is 0 Å². The number of carbonyl (C=O) groups is 2. The number of hydrogen-bond donors (Lipinski definition) is 0. The molecule has 0 bridgehead atoms. The van der Waals surface area contributed by atoms with Crippen molar-refractivity contribution >= 4 is 35.8 Å². The summed E-state index contributed by atoms with van der Waals surface area (Å²) in [6, 6.07) is 2.90. The maximum atomic E-state index is 10.3. The van der Waals surface area contributed by atoms with Gasteiger partial charge in [-0.2, -0.15) is 0 Å². The van der Waals surface area contributed by atoms with Crippen LogP contribution in [0, 0.1) is 0 Å². The van der Waals surface area contributed by atoms with Gasteiger partial charge in [0.2, 0.25) is 0 Å². The van der Waals surface area contributed by atoms with Crippen molar-refractivity contribution in [2.45, 2.75) is 0 Å². The van der Waals surface area contributed by atoms with Gasteiger partial charge in [0.15, 0.2) is 12.6 Å². The maximum absolute atomic E-state index is 10.3. The van der Waals surface area contributed by atoms with Gasteiger partial charge in [0.05, 0.1) is 10.0 Å². The summed E-state index contributed by atoms with van der Waals surface area (Å²) in [4.78, 5) is 20.7. The summed E-state index contributed by atoms with van der Waals surface area (Å²) in [6.45, 7) is 0. The molecule has 4 heteroatoms. The molecular weight excluding hydrogens is 199 g/mol. The number of rotatable bonds is 2. The smallest absolute Gasteiger partial charge is 0.151 e. The molecule has 1 rings (SSSR count). The van der Waals surface area contributed by atoms with E-state index in [4.69, 9.17) is 23.2 Å². The predicted octanol–water partition coefficient (Wildman–Crippen LogP) is 2.62. The third kappa shape index (κ3) is 1.49. The highest BCUT2D eigenvalue weighted by Crippen LogP contribution is 2.27. The Labute approximate surface area is 79.1 Å². The lowest BCUT2D eigenvalue weighted by molar-refractivity contribution is 0.111. The highest BCUT2D eigenvalue weighted by molar-refractivity contribution is 6.44. The summed E-state index contributed by atoms with van der Waals surface area (Å²) in [7, 11) is 0. The topological polar surface area (TPSA) is 34.1 Å². The molecule has 0 heterocycles. The average molecular weight is 203 g/mol. The van der Waals surface area contributed by atoms with Gasteiger partial charge >= 0.3 is 0 Å². The predicted molar refractivity (Wildman–Crippen MR) is 47.2 cm³/mol. The van der Waals surface area contributed by atoms with E-state index in [1.54, 1.807) is 0 Å². The summed E-state index contributed by atoms with van der Waals surface area (Å²) >= 11 is 11.3. The lowest BCUT2D eigenvalue weighted by Crippen LogP contribution is -1.88. The van der Waals surface area contributed by atoms with E-state index in [9.17, 15) is 9.59 Å². The zero-order valence-electron chi connectivity index (χ0n) is 5.88. The van der Waals surface area contributed by atoms with E-state index in [1.807, 2.05) is 0 Å². The first-order chi connectivity index (χ1) is 5.70. The SMILES string of the molecule is O=Cc1ccc(C=O)c(Cl)c1Cl. The van der Waals surface area contributed by atoms with Crippen LogP contribution in [0.3, 0.4) is 0 Å². The molecule has 0 saturated carbocycles. The number of aldehydes is 2. The number of benzene rings is 1. The standard InChI is InChI=1S/C8H4Cl2O2/c9-7-5(3-11)1-2-6(4-12)8(7)10/h1-4H. The molecule has 0 unspecified atom stereocenters. The van der Waals surface area contributed by atoms with Gasteiger partial charge in [-0.3, -0.25) is 9.59 Å². The van der Waals surface area contributed by atoms with Crippen LogP contribution in [0.2, 0.25) is 10.0 Å². The Morgan fingerprint density at radius 2 is 1.25 bits per heavy atom. The highest BCUT2D eigenvalue weighted by Gasteiger charge is 2.07. The molecule has 0 spiro atoms. The molecule has 0 saturated heterocycles. The van der Waals surface area contributed by atoms with Crippen LogP contribution < -0.4 is 0 Å². The van der Waals surface area contributed by atoms with E-state index in [-0.39, 0.29) is 21.2 Å². The molecule has 1 aromatic carbocycles. The second-order valence-electron chi connectivity index (χ2n) is 2.11.